The predicted octanol–water partition coefficient (Wildman–Crippen LogP) is 1.65. The van der Waals surface area contributed by atoms with E-state index in [1.54, 1.807) is 13.0 Å². The van der Waals surface area contributed by atoms with Crippen LogP contribution in [-0.2, 0) is 4.79 Å². The van der Waals surface area contributed by atoms with E-state index < -0.39 is 10.9 Å². The first-order valence-corrected chi connectivity index (χ1v) is 7.24. The first-order valence-electron chi connectivity index (χ1n) is 7.24. The van der Waals surface area contributed by atoms with E-state index in [0.29, 0.717) is 17.9 Å². The highest BCUT2D eigenvalue weighted by molar-refractivity contribution is 5.69. The van der Waals surface area contributed by atoms with Gasteiger partial charge in [0.25, 0.3) is 5.69 Å². The van der Waals surface area contributed by atoms with E-state index in [4.69, 9.17) is 5.11 Å². The van der Waals surface area contributed by atoms with Crippen molar-refractivity contribution >= 4 is 17.5 Å². The fourth-order valence-corrected chi connectivity index (χ4v) is 2.70. The molecule has 0 spiro atoms. The van der Waals surface area contributed by atoms with Crippen molar-refractivity contribution in [1.82, 2.24) is 9.88 Å². The van der Waals surface area contributed by atoms with Crippen LogP contribution in [0.15, 0.2) is 12.3 Å². The number of aromatic nitrogens is 1. The minimum atomic E-state index is -0.814. The predicted molar refractivity (Wildman–Crippen MR) is 80.9 cm³/mol. The number of hydrogen-bond acceptors (Lipinski definition) is 6. The normalized spacial score (nSPS) is 20.5. The van der Waals surface area contributed by atoms with E-state index in [1.807, 2.05) is 11.8 Å². The Labute approximate surface area is 128 Å². The summed E-state index contributed by atoms with van der Waals surface area (Å²) in [7, 11) is 0. The van der Waals surface area contributed by atoms with Gasteiger partial charge in [-0.25, -0.2) is 4.98 Å². The smallest absolute Gasteiger partial charge is 0.317 e. The molecule has 1 aliphatic rings. The van der Waals surface area contributed by atoms with Crippen LogP contribution in [0, 0.1) is 17.0 Å². The van der Waals surface area contributed by atoms with Crippen LogP contribution in [0.1, 0.15) is 25.3 Å². The molecule has 120 valence electrons. The van der Waals surface area contributed by atoms with E-state index in [0.717, 1.165) is 12.8 Å². The maximum absolute atomic E-state index is 10.8. The van der Waals surface area contributed by atoms with Crippen LogP contribution in [0.2, 0.25) is 0 Å². The summed E-state index contributed by atoms with van der Waals surface area (Å²) in [5, 5.41) is 22.9. The first-order chi connectivity index (χ1) is 10.4. The molecule has 0 amide bonds. The van der Waals surface area contributed by atoms with Crippen LogP contribution in [0.5, 0.6) is 0 Å². The Morgan fingerprint density at radius 3 is 2.77 bits per heavy atom. The summed E-state index contributed by atoms with van der Waals surface area (Å²) in [5.74, 6) is -0.196. The molecule has 1 heterocycles. The van der Waals surface area contributed by atoms with Gasteiger partial charge in [-0.05, 0) is 32.4 Å². The molecule has 1 saturated carbocycles. The summed E-state index contributed by atoms with van der Waals surface area (Å²) in [4.78, 5) is 27.1. The third kappa shape index (κ3) is 3.70. The van der Waals surface area contributed by atoms with Gasteiger partial charge in [-0.15, -0.1) is 0 Å². The highest BCUT2D eigenvalue weighted by atomic mass is 16.6. The molecule has 0 bridgehead atoms. The number of carbonyl (C=O) groups is 1. The Kier molecular flexibility index (Phi) is 4.92. The summed E-state index contributed by atoms with van der Waals surface area (Å²) in [6.45, 7) is 4.40. The van der Waals surface area contributed by atoms with E-state index in [2.05, 4.69) is 10.3 Å². The zero-order chi connectivity index (χ0) is 16.3. The van der Waals surface area contributed by atoms with Crippen LogP contribution in [0.3, 0.4) is 0 Å². The van der Waals surface area contributed by atoms with E-state index in [-0.39, 0.29) is 24.3 Å². The molecule has 2 N–H and O–H groups in total. The van der Waals surface area contributed by atoms with Gasteiger partial charge < -0.3 is 10.4 Å². The Bertz CT molecular complexity index is 572. The number of nitrogens with zero attached hydrogens (tertiary/aromatic N) is 3. The molecule has 2 rings (SSSR count). The summed E-state index contributed by atoms with van der Waals surface area (Å²) < 4.78 is 0. The van der Waals surface area contributed by atoms with Gasteiger partial charge in [0, 0.05) is 17.6 Å². The lowest BCUT2D eigenvalue weighted by atomic mass is 9.85. The third-order valence-corrected chi connectivity index (χ3v) is 4.01. The Hall–Kier alpha value is -2.22. The molecular weight excluding hydrogens is 288 g/mol. The van der Waals surface area contributed by atoms with Crippen molar-refractivity contribution in [3.05, 3.63) is 27.9 Å². The van der Waals surface area contributed by atoms with Gasteiger partial charge in [-0.2, -0.15) is 0 Å². The highest BCUT2D eigenvalue weighted by Gasteiger charge is 2.34. The average molecular weight is 308 g/mol. The molecular formula is C14H20N4O4. The molecule has 0 atom stereocenters. The zero-order valence-electron chi connectivity index (χ0n) is 12.7. The number of nitro groups is 1. The van der Waals surface area contributed by atoms with E-state index >= 15 is 0 Å². The minimum absolute atomic E-state index is 0.00986. The molecule has 1 aromatic rings. The summed E-state index contributed by atoms with van der Waals surface area (Å²) >= 11 is 0. The molecule has 0 aromatic carbocycles. The molecule has 0 saturated heterocycles. The second kappa shape index (κ2) is 6.69. The summed E-state index contributed by atoms with van der Waals surface area (Å²) in [5.41, 5.74) is 0.579. The first kappa shape index (κ1) is 16.2. The Balaban J connectivity index is 1.88. The average Bonchev–Trinajstić information content (AvgIpc) is 2.39. The van der Waals surface area contributed by atoms with E-state index in [1.165, 1.54) is 6.20 Å². The van der Waals surface area contributed by atoms with Gasteiger partial charge in [0.2, 0.25) is 0 Å². The molecule has 8 nitrogen and oxygen atoms in total. The number of carboxylic acids is 1. The molecule has 0 unspecified atom stereocenters. The molecule has 1 aliphatic carbocycles. The zero-order valence-corrected chi connectivity index (χ0v) is 12.7. The lowest BCUT2D eigenvalue weighted by Crippen LogP contribution is -2.51. The fraction of sp³-hybridized carbons (Fsp3) is 0.571. The molecule has 1 aromatic heterocycles. The Morgan fingerprint density at radius 1 is 1.59 bits per heavy atom. The quantitative estimate of drug-likeness (QED) is 0.582. The maximum atomic E-state index is 10.8. The van der Waals surface area contributed by atoms with Gasteiger partial charge in [0.05, 0.1) is 11.5 Å². The minimum Gasteiger partial charge on any atom is -0.480 e. The van der Waals surface area contributed by atoms with Crippen LogP contribution in [0.4, 0.5) is 11.5 Å². The number of hydrogen-bond donors (Lipinski definition) is 2. The number of carboxylic acid groups (broad SMARTS) is 1. The van der Waals surface area contributed by atoms with Crippen LogP contribution >= 0.6 is 0 Å². The number of aryl methyl sites for hydroxylation is 1. The van der Waals surface area contributed by atoms with Gasteiger partial charge in [0.1, 0.15) is 12.0 Å². The summed E-state index contributed by atoms with van der Waals surface area (Å²) in [6, 6.07) is 2.15. The lowest BCUT2D eigenvalue weighted by molar-refractivity contribution is -0.385. The number of nitrogens with one attached hydrogen (secondary N) is 1. The van der Waals surface area contributed by atoms with Crippen LogP contribution in [-0.4, -0.2) is 51.1 Å². The molecule has 1 fully saturated rings. The SMILES string of the molecule is CCN(CC(=O)O)C1CC(Nc2cc(C)c([N+](=O)[O-])cn2)C1. The van der Waals surface area contributed by atoms with Crippen molar-refractivity contribution < 1.29 is 14.8 Å². The topological polar surface area (TPSA) is 109 Å². The van der Waals surface area contributed by atoms with Crippen molar-refractivity contribution in [1.29, 1.82) is 0 Å². The van der Waals surface area contributed by atoms with Crippen molar-refractivity contribution in [2.45, 2.75) is 38.8 Å². The van der Waals surface area contributed by atoms with Gasteiger partial charge in [-0.3, -0.25) is 19.8 Å². The van der Waals surface area contributed by atoms with Gasteiger partial charge in [-0.1, -0.05) is 6.92 Å². The second-order valence-corrected chi connectivity index (χ2v) is 5.54. The highest BCUT2D eigenvalue weighted by Crippen LogP contribution is 2.29. The molecule has 22 heavy (non-hydrogen) atoms. The van der Waals surface area contributed by atoms with Gasteiger partial charge in [0.15, 0.2) is 0 Å². The van der Waals surface area contributed by atoms with Crippen molar-refractivity contribution in [2.24, 2.45) is 0 Å². The number of likely N-dealkylation sites (N-methyl/N-ethyl adjacent to an activating group) is 1. The third-order valence-electron chi connectivity index (χ3n) is 4.01. The van der Waals surface area contributed by atoms with Crippen LogP contribution in [0.25, 0.3) is 0 Å². The van der Waals surface area contributed by atoms with Crippen molar-refractivity contribution in [2.75, 3.05) is 18.4 Å². The Morgan fingerprint density at radius 2 is 2.27 bits per heavy atom. The van der Waals surface area contributed by atoms with Crippen molar-refractivity contribution in [3.63, 3.8) is 0 Å². The lowest BCUT2D eigenvalue weighted by Gasteiger charge is -2.42. The maximum Gasteiger partial charge on any atom is 0.317 e. The fourth-order valence-electron chi connectivity index (χ4n) is 2.70. The number of aliphatic carboxylic acids is 1. The largest absolute Gasteiger partial charge is 0.480 e. The number of rotatable bonds is 7. The van der Waals surface area contributed by atoms with Gasteiger partial charge >= 0.3 is 5.97 Å². The number of pyridine rings is 1. The molecule has 0 aliphatic heterocycles. The molecule has 0 radical (unpaired) electrons. The molecule has 8 heteroatoms. The van der Waals surface area contributed by atoms with Crippen molar-refractivity contribution in [3.8, 4) is 0 Å². The standard InChI is InChI=1S/C14H20N4O4/c1-3-17(8-14(19)20)11-5-10(6-11)16-13-4-9(2)12(7-15-13)18(21)22/h4,7,10-11H,3,5-6,8H2,1-2H3,(H,15,16)(H,19,20). The second-order valence-electron chi connectivity index (χ2n) is 5.54. The van der Waals surface area contributed by atoms with Crippen LogP contribution < -0.4 is 5.32 Å². The summed E-state index contributed by atoms with van der Waals surface area (Å²) in [6.07, 6.45) is 2.95. The van der Waals surface area contributed by atoms with E-state index in [9.17, 15) is 14.9 Å². The number of anilines is 1. The monoisotopic (exact) mass is 308 g/mol.